The zero-order chi connectivity index (χ0) is 21.3. The number of rotatable bonds is 6. The summed E-state index contributed by atoms with van der Waals surface area (Å²) < 4.78 is 5.19. The SMILES string of the molecule is CC(=O)c1c(C)[nH]c(C(=O)COC(=O)[C@H]2CC(=O)N(c3ccc(C)cc3)C2)c1C. The Hall–Kier alpha value is -3.22. The minimum absolute atomic E-state index is 0.0516. The van der Waals surface area contributed by atoms with E-state index in [-0.39, 0.29) is 30.3 Å². The Morgan fingerprint density at radius 3 is 2.38 bits per heavy atom. The lowest BCUT2D eigenvalue weighted by Crippen LogP contribution is -2.27. The van der Waals surface area contributed by atoms with E-state index >= 15 is 0 Å². The molecule has 7 heteroatoms. The number of aryl methyl sites for hydroxylation is 2. The maximum absolute atomic E-state index is 12.5. The quantitative estimate of drug-likeness (QED) is 0.598. The number of esters is 1. The fraction of sp³-hybridized carbons (Fsp3) is 0.364. The first-order chi connectivity index (χ1) is 13.7. The molecule has 3 rings (SSSR count). The average molecular weight is 396 g/mol. The van der Waals surface area contributed by atoms with Crippen LogP contribution in [0.5, 0.6) is 0 Å². The van der Waals surface area contributed by atoms with Crippen LogP contribution in [0.25, 0.3) is 0 Å². The molecule has 0 bridgehead atoms. The Morgan fingerprint density at radius 2 is 1.79 bits per heavy atom. The number of ketones is 2. The van der Waals surface area contributed by atoms with E-state index in [2.05, 4.69) is 4.98 Å². The number of carbonyl (C=O) groups excluding carboxylic acids is 4. The van der Waals surface area contributed by atoms with Crippen LogP contribution in [0.15, 0.2) is 24.3 Å². The number of benzene rings is 1. The molecule has 2 heterocycles. The number of aromatic nitrogens is 1. The summed E-state index contributed by atoms with van der Waals surface area (Å²) in [5.41, 5.74) is 3.73. The molecular formula is C22H24N2O5. The second-order valence-corrected chi connectivity index (χ2v) is 7.45. The van der Waals surface area contributed by atoms with Crippen molar-refractivity contribution in [2.45, 2.75) is 34.1 Å². The highest BCUT2D eigenvalue weighted by Gasteiger charge is 2.36. The van der Waals surface area contributed by atoms with Crippen molar-refractivity contribution in [3.63, 3.8) is 0 Å². The van der Waals surface area contributed by atoms with Crippen LogP contribution in [0.2, 0.25) is 0 Å². The normalized spacial score (nSPS) is 16.2. The van der Waals surface area contributed by atoms with Gasteiger partial charge >= 0.3 is 5.97 Å². The molecule has 1 aromatic heterocycles. The smallest absolute Gasteiger partial charge is 0.311 e. The molecule has 1 aliphatic rings. The number of ether oxygens (including phenoxy) is 1. The second-order valence-electron chi connectivity index (χ2n) is 7.45. The van der Waals surface area contributed by atoms with Crippen molar-refractivity contribution in [1.82, 2.24) is 4.98 Å². The van der Waals surface area contributed by atoms with Gasteiger partial charge in [-0.2, -0.15) is 0 Å². The minimum Gasteiger partial charge on any atom is -0.457 e. The number of nitrogens with zero attached hydrogens (tertiary/aromatic N) is 1. The lowest BCUT2D eigenvalue weighted by atomic mass is 10.1. The van der Waals surface area contributed by atoms with E-state index in [0.29, 0.717) is 16.8 Å². The minimum atomic E-state index is -0.615. The molecule has 1 fully saturated rings. The zero-order valence-corrected chi connectivity index (χ0v) is 17.0. The Labute approximate surface area is 169 Å². The predicted octanol–water partition coefficient (Wildman–Crippen LogP) is 2.92. The third-order valence-electron chi connectivity index (χ3n) is 5.22. The molecule has 1 atom stereocenters. The zero-order valence-electron chi connectivity index (χ0n) is 17.0. The van der Waals surface area contributed by atoms with Gasteiger partial charge in [-0.15, -0.1) is 0 Å². The van der Waals surface area contributed by atoms with Gasteiger partial charge in [-0.05, 0) is 45.4 Å². The van der Waals surface area contributed by atoms with Crippen LogP contribution >= 0.6 is 0 Å². The van der Waals surface area contributed by atoms with Crippen LogP contribution in [0, 0.1) is 26.7 Å². The molecule has 152 valence electrons. The van der Waals surface area contributed by atoms with Gasteiger partial charge in [-0.3, -0.25) is 19.2 Å². The van der Waals surface area contributed by atoms with Crippen LogP contribution < -0.4 is 4.90 Å². The third-order valence-corrected chi connectivity index (χ3v) is 5.22. The summed E-state index contributed by atoms with van der Waals surface area (Å²) in [5.74, 6) is -1.88. The van der Waals surface area contributed by atoms with Crippen molar-refractivity contribution in [3.05, 3.63) is 52.3 Å². The van der Waals surface area contributed by atoms with Gasteiger partial charge in [0.15, 0.2) is 12.4 Å². The highest BCUT2D eigenvalue weighted by molar-refractivity contribution is 6.04. The molecule has 7 nitrogen and oxygen atoms in total. The van der Waals surface area contributed by atoms with E-state index in [1.165, 1.54) is 6.92 Å². The molecule has 29 heavy (non-hydrogen) atoms. The highest BCUT2D eigenvalue weighted by Crippen LogP contribution is 2.26. The molecule has 2 aromatic rings. The summed E-state index contributed by atoms with van der Waals surface area (Å²) in [7, 11) is 0. The van der Waals surface area contributed by atoms with Gasteiger partial charge in [0.1, 0.15) is 0 Å². The summed E-state index contributed by atoms with van der Waals surface area (Å²) in [4.78, 5) is 53.3. The van der Waals surface area contributed by atoms with Crippen LogP contribution in [0.4, 0.5) is 5.69 Å². The van der Waals surface area contributed by atoms with Gasteiger partial charge in [0, 0.05) is 29.9 Å². The van der Waals surface area contributed by atoms with Crippen molar-refractivity contribution < 1.29 is 23.9 Å². The van der Waals surface area contributed by atoms with E-state index in [1.807, 2.05) is 31.2 Å². The Morgan fingerprint density at radius 1 is 1.14 bits per heavy atom. The lowest BCUT2D eigenvalue weighted by molar-refractivity contribution is -0.147. The number of carbonyl (C=O) groups is 4. The van der Waals surface area contributed by atoms with Crippen molar-refractivity contribution >= 4 is 29.1 Å². The van der Waals surface area contributed by atoms with E-state index in [4.69, 9.17) is 4.74 Å². The molecule has 1 saturated heterocycles. The molecule has 0 radical (unpaired) electrons. The monoisotopic (exact) mass is 396 g/mol. The first-order valence-electron chi connectivity index (χ1n) is 9.46. The number of Topliss-reactive ketones (excluding diaryl/α,β-unsaturated/α-hetero) is 2. The Bertz CT molecular complexity index is 987. The van der Waals surface area contributed by atoms with Crippen molar-refractivity contribution in [2.75, 3.05) is 18.1 Å². The number of H-pyrrole nitrogens is 1. The maximum atomic E-state index is 12.5. The number of hydrogen-bond donors (Lipinski definition) is 1. The first kappa shape index (κ1) is 20.5. The van der Waals surface area contributed by atoms with Gasteiger partial charge < -0.3 is 14.6 Å². The van der Waals surface area contributed by atoms with Crippen LogP contribution in [-0.4, -0.2) is 41.6 Å². The topological polar surface area (TPSA) is 96.5 Å². The predicted molar refractivity (Wildman–Crippen MR) is 107 cm³/mol. The molecule has 1 N–H and O–H groups in total. The second kappa shape index (κ2) is 8.03. The number of nitrogens with one attached hydrogen (secondary N) is 1. The Balaban J connectivity index is 1.62. The number of hydrogen-bond acceptors (Lipinski definition) is 5. The molecule has 0 unspecified atom stereocenters. The van der Waals surface area contributed by atoms with Gasteiger partial charge in [-0.1, -0.05) is 17.7 Å². The molecule has 1 amide bonds. The third kappa shape index (κ3) is 4.13. The summed E-state index contributed by atoms with van der Waals surface area (Å²) >= 11 is 0. The van der Waals surface area contributed by atoms with Crippen molar-refractivity contribution in [3.8, 4) is 0 Å². The molecule has 0 spiro atoms. The fourth-order valence-corrected chi connectivity index (χ4v) is 3.72. The number of anilines is 1. The molecular weight excluding hydrogens is 372 g/mol. The lowest BCUT2D eigenvalue weighted by Gasteiger charge is -2.16. The van der Waals surface area contributed by atoms with Crippen molar-refractivity contribution in [2.24, 2.45) is 5.92 Å². The number of amides is 1. The summed E-state index contributed by atoms with van der Waals surface area (Å²) in [6.07, 6.45) is 0.0516. The van der Waals surface area contributed by atoms with Crippen LogP contribution in [-0.2, 0) is 14.3 Å². The highest BCUT2D eigenvalue weighted by atomic mass is 16.5. The standard InChI is InChI=1S/C22H24N2O5/c1-12-5-7-17(8-6-12)24-10-16(9-19(24)27)22(28)29-11-18(26)21-13(2)20(15(4)25)14(3)23-21/h5-8,16,23H,9-11H2,1-4H3/t16-/m0/s1. The van der Waals surface area contributed by atoms with E-state index in [0.717, 1.165) is 11.3 Å². The maximum Gasteiger partial charge on any atom is 0.311 e. The largest absolute Gasteiger partial charge is 0.457 e. The summed E-state index contributed by atoms with van der Waals surface area (Å²) in [6.45, 7) is 6.59. The summed E-state index contributed by atoms with van der Waals surface area (Å²) in [6, 6.07) is 7.49. The molecule has 1 aliphatic heterocycles. The molecule has 1 aromatic carbocycles. The van der Waals surface area contributed by atoms with Gasteiger partial charge in [0.25, 0.3) is 0 Å². The van der Waals surface area contributed by atoms with Gasteiger partial charge in [0.2, 0.25) is 11.7 Å². The van der Waals surface area contributed by atoms with E-state index in [1.54, 1.807) is 18.7 Å². The molecule has 0 aliphatic carbocycles. The average Bonchev–Trinajstić information content (AvgIpc) is 3.19. The fourth-order valence-electron chi connectivity index (χ4n) is 3.72. The number of aromatic amines is 1. The van der Waals surface area contributed by atoms with E-state index < -0.39 is 24.3 Å². The van der Waals surface area contributed by atoms with Crippen LogP contribution in [0.3, 0.4) is 0 Å². The first-order valence-corrected chi connectivity index (χ1v) is 9.46. The Kier molecular flexibility index (Phi) is 5.68. The summed E-state index contributed by atoms with van der Waals surface area (Å²) in [5, 5.41) is 0. The van der Waals surface area contributed by atoms with Crippen molar-refractivity contribution in [1.29, 1.82) is 0 Å². The van der Waals surface area contributed by atoms with E-state index in [9.17, 15) is 19.2 Å². The van der Waals surface area contributed by atoms with Gasteiger partial charge in [-0.25, -0.2) is 0 Å². The molecule has 0 saturated carbocycles. The van der Waals surface area contributed by atoms with Gasteiger partial charge in [0.05, 0.1) is 11.6 Å². The van der Waals surface area contributed by atoms with Crippen LogP contribution in [0.1, 0.15) is 51.0 Å².